The van der Waals surface area contributed by atoms with Crippen LogP contribution in [0.25, 0.3) is 0 Å². The number of methoxy groups -OCH3 is 1. The third kappa shape index (κ3) is 3.01. The van der Waals surface area contributed by atoms with Crippen molar-refractivity contribution in [3.05, 3.63) is 39.8 Å². The maximum Gasteiger partial charge on any atom is 0.119 e. The number of aromatic nitrogens is 1. The minimum atomic E-state index is 0.899. The molecule has 0 fully saturated rings. The van der Waals surface area contributed by atoms with E-state index in [4.69, 9.17) is 4.74 Å². The summed E-state index contributed by atoms with van der Waals surface area (Å²) in [6.45, 7) is 5.07. The predicted octanol–water partition coefficient (Wildman–Crippen LogP) is 3.42. The Hall–Kier alpha value is -1.55. The summed E-state index contributed by atoms with van der Waals surface area (Å²) >= 11 is 1.72. The van der Waals surface area contributed by atoms with Crippen LogP contribution in [0.1, 0.15) is 16.1 Å². The number of aryl methyl sites for hydroxylation is 2. The number of benzene rings is 1. The van der Waals surface area contributed by atoms with Crippen LogP contribution in [0, 0.1) is 13.8 Å². The average Bonchev–Trinajstić information content (AvgIpc) is 2.77. The second kappa shape index (κ2) is 5.87. The summed E-state index contributed by atoms with van der Waals surface area (Å²) in [6, 6.07) is 6.08. The van der Waals surface area contributed by atoms with Gasteiger partial charge in [0.05, 0.1) is 18.3 Å². The maximum atomic E-state index is 5.19. The molecule has 0 radical (unpaired) electrons. The Morgan fingerprint density at radius 2 is 2.17 bits per heavy atom. The molecule has 1 N–H and O–H groups in total. The van der Waals surface area contributed by atoms with Gasteiger partial charge in [-0.1, -0.05) is 0 Å². The molecule has 0 aliphatic rings. The molecule has 0 aliphatic heterocycles. The molecule has 0 saturated carbocycles. The summed E-state index contributed by atoms with van der Waals surface area (Å²) in [5.41, 5.74) is 5.42. The summed E-state index contributed by atoms with van der Waals surface area (Å²) < 4.78 is 5.19. The van der Waals surface area contributed by atoms with E-state index in [0.29, 0.717) is 0 Å². The van der Waals surface area contributed by atoms with Gasteiger partial charge in [0.15, 0.2) is 0 Å². The second-order valence-corrected chi connectivity index (χ2v) is 5.16. The number of hydrogen-bond acceptors (Lipinski definition) is 4. The van der Waals surface area contributed by atoms with Gasteiger partial charge in [-0.05, 0) is 37.6 Å². The Kier molecular flexibility index (Phi) is 4.20. The van der Waals surface area contributed by atoms with E-state index in [2.05, 4.69) is 30.2 Å². The van der Waals surface area contributed by atoms with Gasteiger partial charge in [-0.25, -0.2) is 4.98 Å². The highest BCUT2D eigenvalue weighted by molar-refractivity contribution is 7.09. The Balaban J connectivity index is 1.92. The lowest BCUT2D eigenvalue weighted by Gasteiger charge is -2.10. The largest absolute Gasteiger partial charge is 0.497 e. The number of thiazole rings is 1. The van der Waals surface area contributed by atoms with Crippen LogP contribution in [0.3, 0.4) is 0 Å². The minimum absolute atomic E-state index is 0.899. The first-order valence-corrected chi connectivity index (χ1v) is 6.86. The fourth-order valence-electron chi connectivity index (χ4n) is 1.84. The molecular weight excluding hydrogens is 244 g/mol. The summed E-state index contributed by atoms with van der Waals surface area (Å²) in [6.07, 6.45) is 1.02. The van der Waals surface area contributed by atoms with Gasteiger partial charge in [0.1, 0.15) is 5.75 Å². The van der Waals surface area contributed by atoms with Crippen LogP contribution in [0.5, 0.6) is 5.75 Å². The van der Waals surface area contributed by atoms with Gasteiger partial charge < -0.3 is 10.1 Å². The number of anilines is 1. The topological polar surface area (TPSA) is 34.1 Å². The smallest absolute Gasteiger partial charge is 0.119 e. The zero-order valence-corrected chi connectivity index (χ0v) is 11.8. The highest BCUT2D eigenvalue weighted by Crippen LogP contribution is 2.21. The minimum Gasteiger partial charge on any atom is -0.497 e. The predicted molar refractivity (Wildman–Crippen MR) is 76.8 cm³/mol. The lowest BCUT2D eigenvalue weighted by atomic mass is 10.2. The van der Waals surface area contributed by atoms with Crippen molar-refractivity contribution < 1.29 is 4.74 Å². The van der Waals surface area contributed by atoms with Crippen LogP contribution >= 0.6 is 11.3 Å². The molecule has 0 saturated heterocycles. The Morgan fingerprint density at radius 3 is 2.78 bits per heavy atom. The molecule has 18 heavy (non-hydrogen) atoms. The highest BCUT2D eigenvalue weighted by Gasteiger charge is 2.03. The zero-order chi connectivity index (χ0) is 13.0. The van der Waals surface area contributed by atoms with Crippen molar-refractivity contribution in [1.82, 2.24) is 4.98 Å². The average molecular weight is 262 g/mol. The van der Waals surface area contributed by atoms with E-state index in [1.807, 2.05) is 17.6 Å². The van der Waals surface area contributed by atoms with Gasteiger partial charge in [-0.3, -0.25) is 0 Å². The normalized spacial score (nSPS) is 10.4. The Morgan fingerprint density at radius 1 is 1.33 bits per heavy atom. The fourth-order valence-corrected chi connectivity index (χ4v) is 2.62. The Bertz CT molecular complexity index is 522. The van der Waals surface area contributed by atoms with Gasteiger partial charge in [-0.2, -0.15) is 0 Å². The van der Waals surface area contributed by atoms with E-state index >= 15 is 0 Å². The second-order valence-electron chi connectivity index (χ2n) is 4.22. The van der Waals surface area contributed by atoms with Gasteiger partial charge >= 0.3 is 0 Å². The van der Waals surface area contributed by atoms with Crippen LogP contribution in [-0.4, -0.2) is 18.6 Å². The van der Waals surface area contributed by atoms with Gasteiger partial charge in [0, 0.05) is 23.5 Å². The van der Waals surface area contributed by atoms with E-state index in [9.17, 15) is 0 Å². The molecule has 1 heterocycles. The first-order chi connectivity index (χ1) is 8.70. The molecule has 0 spiro atoms. The van der Waals surface area contributed by atoms with Crippen molar-refractivity contribution in [2.75, 3.05) is 19.0 Å². The number of rotatable bonds is 5. The first-order valence-electron chi connectivity index (χ1n) is 5.98. The fraction of sp³-hybridized carbons (Fsp3) is 0.357. The molecule has 0 aliphatic carbocycles. The molecule has 0 amide bonds. The summed E-state index contributed by atoms with van der Waals surface area (Å²) in [5.74, 6) is 0.899. The van der Waals surface area contributed by atoms with E-state index in [0.717, 1.165) is 30.1 Å². The number of nitrogens with zero attached hydrogens (tertiary/aromatic N) is 1. The van der Waals surface area contributed by atoms with Crippen molar-refractivity contribution in [2.24, 2.45) is 0 Å². The molecule has 4 heteroatoms. The summed E-state index contributed by atoms with van der Waals surface area (Å²) in [4.78, 5) is 5.61. The lowest BCUT2D eigenvalue weighted by molar-refractivity contribution is 0.414. The first kappa shape index (κ1) is 12.9. The standard InChI is InChI=1S/C14H18N2OS/c1-10-8-12(17-3)4-5-13(10)15-7-6-14-11(2)16-9-18-14/h4-5,8-9,15H,6-7H2,1-3H3. The zero-order valence-electron chi connectivity index (χ0n) is 11.0. The molecular formula is C14H18N2OS. The van der Waals surface area contributed by atoms with Crippen LogP contribution in [-0.2, 0) is 6.42 Å². The van der Waals surface area contributed by atoms with E-state index in [-0.39, 0.29) is 0 Å². The summed E-state index contributed by atoms with van der Waals surface area (Å²) in [5, 5.41) is 3.45. The monoisotopic (exact) mass is 262 g/mol. The highest BCUT2D eigenvalue weighted by atomic mass is 32.1. The van der Waals surface area contributed by atoms with Crippen molar-refractivity contribution >= 4 is 17.0 Å². The molecule has 1 aromatic heterocycles. The molecule has 3 nitrogen and oxygen atoms in total. The maximum absolute atomic E-state index is 5.19. The van der Waals surface area contributed by atoms with Crippen LogP contribution < -0.4 is 10.1 Å². The molecule has 1 aromatic carbocycles. The van der Waals surface area contributed by atoms with Crippen molar-refractivity contribution in [3.63, 3.8) is 0 Å². The van der Waals surface area contributed by atoms with Crippen molar-refractivity contribution in [2.45, 2.75) is 20.3 Å². The lowest BCUT2D eigenvalue weighted by Crippen LogP contribution is -2.06. The molecule has 0 bridgehead atoms. The SMILES string of the molecule is COc1ccc(NCCc2scnc2C)c(C)c1. The molecule has 2 aromatic rings. The van der Waals surface area contributed by atoms with Gasteiger partial charge in [-0.15, -0.1) is 11.3 Å². The number of ether oxygens (including phenoxy) is 1. The van der Waals surface area contributed by atoms with E-state index in [1.54, 1.807) is 18.4 Å². The molecule has 0 unspecified atom stereocenters. The van der Waals surface area contributed by atoms with Crippen molar-refractivity contribution in [1.29, 1.82) is 0 Å². The molecule has 96 valence electrons. The number of nitrogens with one attached hydrogen (secondary N) is 1. The molecule has 0 atom stereocenters. The summed E-state index contributed by atoms with van der Waals surface area (Å²) in [7, 11) is 1.69. The van der Waals surface area contributed by atoms with E-state index < -0.39 is 0 Å². The van der Waals surface area contributed by atoms with Crippen LogP contribution in [0.2, 0.25) is 0 Å². The van der Waals surface area contributed by atoms with Crippen LogP contribution in [0.15, 0.2) is 23.7 Å². The van der Waals surface area contributed by atoms with E-state index in [1.165, 1.54) is 10.4 Å². The van der Waals surface area contributed by atoms with Gasteiger partial charge in [0.2, 0.25) is 0 Å². The van der Waals surface area contributed by atoms with Crippen LogP contribution in [0.4, 0.5) is 5.69 Å². The quantitative estimate of drug-likeness (QED) is 0.896. The molecule has 2 rings (SSSR count). The Labute approximate surface area is 112 Å². The van der Waals surface area contributed by atoms with Crippen molar-refractivity contribution in [3.8, 4) is 5.75 Å². The third-order valence-electron chi connectivity index (χ3n) is 2.95. The number of hydrogen-bond donors (Lipinski definition) is 1. The van der Waals surface area contributed by atoms with Gasteiger partial charge in [0.25, 0.3) is 0 Å². The third-order valence-corrected chi connectivity index (χ3v) is 3.94.